The summed E-state index contributed by atoms with van der Waals surface area (Å²) in [5, 5.41) is 8.52. The van der Waals surface area contributed by atoms with Crippen molar-refractivity contribution in [3.63, 3.8) is 0 Å². The fourth-order valence-corrected chi connectivity index (χ4v) is 5.77. The maximum atomic E-state index is 13.4. The molecule has 1 amide bonds. The van der Waals surface area contributed by atoms with Crippen molar-refractivity contribution in [3.05, 3.63) is 65.2 Å². The highest BCUT2D eigenvalue weighted by atomic mass is 32.2. The number of hydrogen-bond donors (Lipinski definition) is 0. The first-order valence-corrected chi connectivity index (χ1v) is 11.6. The molecule has 2 aromatic heterocycles. The minimum atomic E-state index is -3.71. The number of amides is 1. The average Bonchev–Trinajstić information content (AvgIpc) is 3.31. The maximum absolute atomic E-state index is 13.4. The van der Waals surface area contributed by atoms with Crippen LogP contribution in [0.1, 0.15) is 27.4 Å². The Kier molecular flexibility index (Phi) is 5.67. The summed E-state index contributed by atoms with van der Waals surface area (Å²) in [4.78, 5) is 14.6. The Morgan fingerprint density at radius 3 is 2.32 bits per heavy atom. The quantitative estimate of drug-likeness (QED) is 0.596. The van der Waals surface area contributed by atoms with Crippen LogP contribution in [0, 0.1) is 13.8 Å². The smallest absolute Gasteiger partial charge is 0.272 e. The molecule has 0 bridgehead atoms. The van der Waals surface area contributed by atoms with Gasteiger partial charge >= 0.3 is 0 Å². The molecule has 1 saturated heterocycles. The number of aromatic nitrogens is 4. The van der Waals surface area contributed by atoms with Crippen LogP contribution < -0.4 is 0 Å². The fourth-order valence-electron chi connectivity index (χ4n) is 3.97. The van der Waals surface area contributed by atoms with Gasteiger partial charge in [0, 0.05) is 39.4 Å². The third kappa shape index (κ3) is 4.00. The standard InChI is InChI=1S/C21H26N6O3S/c1-16-20(17(2)27(23-16)15-18-7-5-4-6-8-18)31(29,30)26-13-11-25(12-14-26)21(28)19-9-10-22-24(19)3/h4-10H,11-15H2,1-3H3. The van der Waals surface area contributed by atoms with E-state index in [0.717, 1.165) is 5.56 Å². The molecule has 3 heterocycles. The van der Waals surface area contributed by atoms with Gasteiger partial charge in [-0.15, -0.1) is 0 Å². The fraction of sp³-hybridized carbons (Fsp3) is 0.381. The Bertz CT molecular complexity index is 1190. The highest BCUT2D eigenvalue weighted by Gasteiger charge is 2.34. The normalized spacial score (nSPS) is 15.4. The van der Waals surface area contributed by atoms with Crippen LogP contribution in [0.2, 0.25) is 0 Å². The Morgan fingerprint density at radius 2 is 1.71 bits per heavy atom. The van der Waals surface area contributed by atoms with Crippen molar-refractivity contribution in [3.8, 4) is 0 Å². The second kappa shape index (κ2) is 8.27. The third-order valence-electron chi connectivity index (χ3n) is 5.65. The number of carbonyl (C=O) groups excluding carboxylic acids is 1. The first-order valence-electron chi connectivity index (χ1n) is 10.1. The van der Waals surface area contributed by atoms with E-state index in [0.29, 0.717) is 36.7 Å². The molecule has 4 rings (SSSR count). The van der Waals surface area contributed by atoms with E-state index in [9.17, 15) is 13.2 Å². The van der Waals surface area contributed by atoms with E-state index in [1.165, 1.54) is 8.99 Å². The van der Waals surface area contributed by atoms with E-state index < -0.39 is 10.0 Å². The first-order chi connectivity index (χ1) is 14.8. The van der Waals surface area contributed by atoms with Crippen molar-refractivity contribution < 1.29 is 13.2 Å². The molecule has 1 aromatic carbocycles. The second-order valence-corrected chi connectivity index (χ2v) is 9.55. The van der Waals surface area contributed by atoms with Gasteiger partial charge < -0.3 is 4.90 Å². The SMILES string of the molecule is Cc1nn(Cc2ccccc2)c(C)c1S(=O)(=O)N1CCN(C(=O)c2ccnn2C)CC1. The second-order valence-electron chi connectivity index (χ2n) is 7.68. The summed E-state index contributed by atoms with van der Waals surface area (Å²) in [5.74, 6) is -0.139. The van der Waals surface area contributed by atoms with Gasteiger partial charge in [-0.1, -0.05) is 30.3 Å². The molecule has 10 heteroatoms. The highest BCUT2D eigenvalue weighted by molar-refractivity contribution is 7.89. The molecule has 0 radical (unpaired) electrons. The Labute approximate surface area is 181 Å². The van der Waals surface area contributed by atoms with Crippen molar-refractivity contribution >= 4 is 15.9 Å². The number of aryl methyl sites for hydroxylation is 2. The number of carbonyl (C=O) groups is 1. The van der Waals surface area contributed by atoms with Gasteiger partial charge in [0.1, 0.15) is 10.6 Å². The molecule has 0 spiro atoms. The van der Waals surface area contributed by atoms with Crippen molar-refractivity contribution in [2.24, 2.45) is 7.05 Å². The summed E-state index contributed by atoms with van der Waals surface area (Å²) < 4.78 is 31.5. The van der Waals surface area contributed by atoms with Crippen molar-refractivity contribution in [2.75, 3.05) is 26.2 Å². The number of rotatable bonds is 5. The molecular weight excluding hydrogens is 416 g/mol. The van der Waals surface area contributed by atoms with Gasteiger partial charge in [0.2, 0.25) is 10.0 Å². The molecule has 0 N–H and O–H groups in total. The molecule has 31 heavy (non-hydrogen) atoms. The zero-order chi connectivity index (χ0) is 22.2. The van der Waals surface area contributed by atoms with Gasteiger partial charge in [-0.3, -0.25) is 14.2 Å². The monoisotopic (exact) mass is 442 g/mol. The van der Waals surface area contributed by atoms with Crippen LogP contribution in [0.15, 0.2) is 47.5 Å². The van der Waals surface area contributed by atoms with Crippen LogP contribution in [0.3, 0.4) is 0 Å². The topological polar surface area (TPSA) is 93.3 Å². The van der Waals surface area contributed by atoms with Crippen molar-refractivity contribution in [1.29, 1.82) is 0 Å². The highest BCUT2D eigenvalue weighted by Crippen LogP contribution is 2.25. The summed E-state index contributed by atoms with van der Waals surface area (Å²) in [5.41, 5.74) is 2.65. The average molecular weight is 443 g/mol. The van der Waals surface area contributed by atoms with E-state index in [1.807, 2.05) is 30.3 Å². The molecule has 1 fully saturated rings. The molecule has 9 nitrogen and oxygen atoms in total. The summed E-state index contributed by atoms with van der Waals surface area (Å²) in [6.45, 7) is 5.18. The molecule has 1 aliphatic heterocycles. The molecule has 164 valence electrons. The van der Waals surface area contributed by atoms with Crippen LogP contribution in [0.25, 0.3) is 0 Å². The summed E-state index contributed by atoms with van der Waals surface area (Å²) in [6, 6.07) is 11.5. The van der Waals surface area contributed by atoms with Gasteiger partial charge in [-0.05, 0) is 25.5 Å². The number of sulfonamides is 1. The summed E-state index contributed by atoms with van der Waals surface area (Å²) in [7, 11) is -2.00. The zero-order valence-electron chi connectivity index (χ0n) is 17.9. The van der Waals surface area contributed by atoms with Gasteiger partial charge in [-0.25, -0.2) is 8.42 Å². The Morgan fingerprint density at radius 1 is 1.03 bits per heavy atom. The zero-order valence-corrected chi connectivity index (χ0v) is 18.7. The Balaban J connectivity index is 1.51. The molecule has 3 aromatic rings. The lowest BCUT2D eigenvalue weighted by Gasteiger charge is -2.34. The van der Waals surface area contributed by atoms with E-state index >= 15 is 0 Å². The minimum absolute atomic E-state index is 0.139. The lowest BCUT2D eigenvalue weighted by Crippen LogP contribution is -2.50. The van der Waals surface area contributed by atoms with Crippen molar-refractivity contribution in [2.45, 2.75) is 25.3 Å². The van der Waals surface area contributed by atoms with Gasteiger partial charge in [-0.2, -0.15) is 14.5 Å². The maximum Gasteiger partial charge on any atom is 0.272 e. The predicted molar refractivity (Wildman–Crippen MR) is 115 cm³/mol. The van der Waals surface area contributed by atoms with Crippen LogP contribution in [-0.2, 0) is 23.6 Å². The van der Waals surface area contributed by atoms with Crippen LogP contribution >= 0.6 is 0 Å². The number of benzene rings is 1. The van der Waals surface area contributed by atoms with E-state index in [2.05, 4.69) is 10.2 Å². The van der Waals surface area contributed by atoms with E-state index in [4.69, 9.17) is 0 Å². The van der Waals surface area contributed by atoms with Gasteiger partial charge in [0.15, 0.2) is 0 Å². The number of piperazine rings is 1. The number of hydrogen-bond acceptors (Lipinski definition) is 5. The van der Waals surface area contributed by atoms with Crippen LogP contribution in [0.5, 0.6) is 0 Å². The lowest BCUT2D eigenvalue weighted by molar-refractivity contribution is 0.0686. The summed E-state index contributed by atoms with van der Waals surface area (Å²) >= 11 is 0. The number of nitrogens with zero attached hydrogens (tertiary/aromatic N) is 6. The van der Waals surface area contributed by atoms with E-state index in [1.54, 1.807) is 42.7 Å². The summed E-state index contributed by atoms with van der Waals surface area (Å²) in [6.07, 6.45) is 1.58. The molecule has 0 saturated carbocycles. The van der Waals surface area contributed by atoms with Gasteiger partial charge in [0.05, 0.1) is 17.9 Å². The predicted octanol–water partition coefficient (Wildman–Crippen LogP) is 1.43. The van der Waals surface area contributed by atoms with Crippen LogP contribution in [0.4, 0.5) is 0 Å². The first kappa shape index (κ1) is 21.3. The van der Waals surface area contributed by atoms with Crippen molar-refractivity contribution in [1.82, 2.24) is 28.8 Å². The molecule has 0 unspecified atom stereocenters. The van der Waals surface area contributed by atoms with Crippen LogP contribution in [-0.4, -0.2) is 69.3 Å². The largest absolute Gasteiger partial charge is 0.335 e. The third-order valence-corrected chi connectivity index (χ3v) is 7.81. The minimum Gasteiger partial charge on any atom is -0.335 e. The van der Waals surface area contributed by atoms with Gasteiger partial charge in [0.25, 0.3) is 5.91 Å². The Hall–Kier alpha value is -2.98. The molecule has 0 atom stereocenters. The molecule has 0 aliphatic carbocycles. The lowest BCUT2D eigenvalue weighted by atomic mass is 10.2. The molecule has 1 aliphatic rings. The molecular formula is C21H26N6O3S. The van der Waals surface area contributed by atoms with E-state index in [-0.39, 0.29) is 23.9 Å².